The van der Waals surface area contributed by atoms with Gasteiger partial charge in [0.1, 0.15) is 5.75 Å². The van der Waals surface area contributed by atoms with Crippen LogP contribution < -0.4 is 5.73 Å². The van der Waals surface area contributed by atoms with Crippen molar-refractivity contribution >= 4 is 0 Å². The number of phenols is 1. The predicted octanol–water partition coefficient (Wildman–Crippen LogP) is 2.25. The molecule has 3 nitrogen and oxygen atoms in total. The van der Waals surface area contributed by atoms with Crippen molar-refractivity contribution in [2.75, 3.05) is 6.54 Å². The molecule has 0 amide bonds. The molecule has 1 heterocycles. The van der Waals surface area contributed by atoms with E-state index in [0.717, 1.165) is 12.0 Å². The third kappa shape index (κ3) is 2.68. The molecule has 0 bridgehead atoms. The molecular weight excluding hydrogens is 224 g/mol. The van der Waals surface area contributed by atoms with Crippen LogP contribution in [0.2, 0.25) is 0 Å². The van der Waals surface area contributed by atoms with Crippen molar-refractivity contribution in [2.45, 2.75) is 18.8 Å². The van der Waals surface area contributed by atoms with Gasteiger partial charge in [0, 0.05) is 24.4 Å². The molecule has 0 spiro atoms. The van der Waals surface area contributed by atoms with Crippen molar-refractivity contribution in [3.63, 3.8) is 0 Å². The minimum atomic E-state index is -0.142. The third-order valence-corrected chi connectivity index (χ3v) is 3.33. The zero-order chi connectivity index (χ0) is 13.0. The molecule has 3 heteroatoms. The van der Waals surface area contributed by atoms with Gasteiger partial charge in [-0.3, -0.25) is 4.98 Å². The Morgan fingerprint density at radius 2 is 1.94 bits per heavy atom. The molecule has 0 aliphatic rings. The molecule has 18 heavy (non-hydrogen) atoms. The topological polar surface area (TPSA) is 59.1 Å². The molecule has 2 rings (SSSR count). The number of nitrogens with two attached hydrogens (primary N) is 1. The predicted molar refractivity (Wildman–Crippen MR) is 72.5 cm³/mol. The molecular formula is C15H18N2O. The standard InChI is InChI=1S/C15H18N2O/c1-15(11-16,9-12-3-2-8-17-10-12)13-4-6-14(18)7-5-13/h2-8,10,18H,9,11,16H2,1H3. The average molecular weight is 242 g/mol. The van der Waals surface area contributed by atoms with E-state index in [0.29, 0.717) is 6.54 Å². The molecule has 2 aromatic rings. The summed E-state index contributed by atoms with van der Waals surface area (Å²) in [5.41, 5.74) is 8.10. The maximum Gasteiger partial charge on any atom is 0.115 e. The van der Waals surface area contributed by atoms with Gasteiger partial charge in [0.15, 0.2) is 0 Å². The van der Waals surface area contributed by atoms with E-state index in [1.54, 1.807) is 18.3 Å². The Kier molecular flexibility index (Phi) is 3.63. The molecule has 0 aliphatic carbocycles. The van der Waals surface area contributed by atoms with E-state index in [2.05, 4.69) is 18.0 Å². The summed E-state index contributed by atoms with van der Waals surface area (Å²) in [5, 5.41) is 9.34. The lowest BCUT2D eigenvalue weighted by Gasteiger charge is -2.28. The molecule has 3 N–H and O–H groups in total. The van der Waals surface area contributed by atoms with Gasteiger partial charge < -0.3 is 10.8 Å². The molecule has 1 unspecified atom stereocenters. The number of aromatic nitrogens is 1. The number of pyridine rings is 1. The summed E-state index contributed by atoms with van der Waals surface area (Å²) in [6.45, 7) is 2.68. The van der Waals surface area contributed by atoms with Crippen LogP contribution in [0.3, 0.4) is 0 Å². The molecule has 0 fully saturated rings. The van der Waals surface area contributed by atoms with Crippen LogP contribution in [-0.2, 0) is 11.8 Å². The van der Waals surface area contributed by atoms with E-state index >= 15 is 0 Å². The highest BCUT2D eigenvalue weighted by Crippen LogP contribution is 2.28. The third-order valence-electron chi connectivity index (χ3n) is 3.33. The Labute approximate surface area is 107 Å². The smallest absolute Gasteiger partial charge is 0.115 e. The monoisotopic (exact) mass is 242 g/mol. The van der Waals surface area contributed by atoms with Crippen LogP contribution in [0.4, 0.5) is 0 Å². The number of phenolic OH excluding ortho intramolecular Hbond substituents is 1. The second kappa shape index (κ2) is 5.19. The highest BCUT2D eigenvalue weighted by molar-refractivity contribution is 5.33. The summed E-state index contributed by atoms with van der Waals surface area (Å²) in [6.07, 6.45) is 4.47. The molecule has 0 radical (unpaired) electrons. The van der Waals surface area contributed by atoms with Crippen molar-refractivity contribution in [3.05, 3.63) is 59.9 Å². The average Bonchev–Trinajstić information content (AvgIpc) is 2.40. The molecule has 1 aromatic carbocycles. The van der Waals surface area contributed by atoms with E-state index in [-0.39, 0.29) is 11.2 Å². The number of hydrogen-bond donors (Lipinski definition) is 2. The lowest BCUT2D eigenvalue weighted by atomic mass is 9.77. The van der Waals surface area contributed by atoms with E-state index in [1.807, 2.05) is 24.4 Å². The summed E-state index contributed by atoms with van der Waals surface area (Å²) in [6, 6.07) is 11.3. The highest BCUT2D eigenvalue weighted by Gasteiger charge is 2.25. The van der Waals surface area contributed by atoms with Gasteiger partial charge >= 0.3 is 0 Å². The molecule has 0 saturated carbocycles. The Morgan fingerprint density at radius 3 is 2.50 bits per heavy atom. The second-order valence-electron chi connectivity index (χ2n) is 4.85. The molecule has 94 valence electrons. The van der Waals surface area contributed by atoms with E-state index < -0.39 is 0 Å². The Morgan fingerprint density at radius 1 is 1.22 bits per heavy atom. The number of nitrogens with zero attached hydrogens (tertiary/aromatic N) is 1. The van der Waals surface area contributed by atoms with Crippen LogP contribution in [-0.4, -0.2) is 16.6 Å². The quantitative estimate of drug-likeness (QED) is 0.864. The fraction of sp³-hybridized carbons (Fsp3) is 0.267. The van der Waals surface area contributed by atoms with Gasteiger partial charge in [-0.1, -0.05) is 25.1 Å². The van der Waals surface area contributed by atoms with Crippen LogP contribution in [0.25, 0.3) is 0 Å². The second-order valence-corrected chi connectivity index (χ2v) is 4.85. The maximum atomic E-state index is 9.34. The lowest BCUT2D eigenvalue weighted by Crippen LogP contribution is -2.34. The number of rotatable bonds is 4. The van der Waals surface area contributed by atoms with Gasteiger partial charge in [0.25, 0.3) is 0 Å². The van der Waals surface area contributed by atoms with Crippen molar-refractivity contribution in [1.29, 1.82) is 0 Å². The summed E-state index contributed by atoms with van der Waals surface area (Å²) < 4.78 is 0. The van der Waals surface area contributed by atoms with Crippen LogP contribution in [0, 0.1) is 0 Å². The minimum Gasteiger partial charge on any atom is -0.508 e. The zero-order valence-electron chi connectivity index (χ0n) is 10.5. The fourth-order valence-corrected chi connectivity index (χ4v) is 2.11. The molecule has 1 atom stereocenters. The van der Waals surface area contributed by atoms with Crippen molar-refractivity contribution < 1.29 is 5.11 Å². The first-order valence-electron chi connectivity index (χ1n) is 6.02. The Hall–Kier alpha value is -1.87. The largest absolute Gasteiger partial charge is 0.508 e. The number of hydrogen-bond acceptors (Lipinski definition) is 3. The summed E-state index contributed by atoms with van der Waals surface area (Å²) in [7, 11) is 0. The van der Waals surface area contributed by atoms with Crippen molar-refractivity contribution in [2.24, 2.45) is 5.73 Å². The summed E-state index contributed by atoms with van der Waals surface area (Å²) in [4.78, 5) is 4.13. The van der Waals surface area contributed by atoms with Crippen LogP contribution in [0.15, 0.2) is 48.8 Å². The summed E-state index contributed by atoms with van der Waals surface area (Å²) >= 11 is 0. The Bertz CT molecular complexity index is 496. The van der Waals surface area contributed by atoms with E-state index in [1.165, 1.54) is 5.56 Å². The Balaban J connectivity index is 2.28. The van der Waals surface area contributed by atoms with Gasteiger partial charge in [-0.05, 0) is 35.7 Å². The maximum absolute atomic E-state index is 9.34. The number of benzene rings is 1. The zero-order valence-corrected chi connectivity index (χ0v) is 10.5. The van der Waals surface area contributed by atoms with Gasteiger partial charge in [-0.2, -0.15) is 0 Å². The van der Waals surface area contributed by atoms with Gasteiger partial charge in [0.05, 0.1) is 0 Å². The van der Waals surface area contributed by atoms with E-state index in [4.69, 9.17) is 5.73 Å². The van der Waals surface area contributed by atoms with Gasteiger partial charge in [-0.15, -0.1) is 0 Å². The first-order chi connectivity index (χ1) is 8.64. The highest BCUT2D eigenvalue weighted by atomic mass is 16.3. The summed E-state index contributed by atoms with van der Waals surface area (Å²) in [5.74, 6) is 0.277. The minimum absolute atomic E-state index is 0.142. The number of aromatic hydroxyl groups is 1. The van der Waals surface area contributed by atoms with Crippen molar-refractivity contribution in [3.8, 4) is 5.75 Å². The molecule has 0 aliphatic heterocycles. The van der Waals surface area contributed by atoms with Gasteiger partial charge in [-0.25, -0.2) is 0 Å². The van der Waals surface area contributed by atoms with Gasteiger partial charge in [0.2, 0.25) is 0 Å². The van der Waals surface area contributed by atoms with Crippen LogP contribution in [0.5, 0.6) is 5.75 Å². The molecule has 0 saturated heterocycles. The van der Waals surface area contributed by atoms with Crippen LogP contribution >= 0.6 is 0 Å². The van der Waals surface area contributed by atoms with E-state index in [9.17, 15) is 5.11 Å². The fourth-order valence-electron chi connectivity index (χ4n) is 2.11. The lowest BCUT2D eigenvalue weighted by molar-refractivity contribution is 0.466. The van der Waals surface area contributed by atoms with Crippen LogP contribution in [0.1, 0.15) is 18.1 Å². The normalized spacial score (nSPS) is 14.1. The first-order valence-corrected chi connectivity index (χ1v) is 6.02. The first kappa shape index (κ1) is 12.6. The SMILES string of the molecule is CC(CN)(Cc1cccnc1)c1ccc(O)cc1. The molecule has 1 aromatic heterocycles. The van der Waals surface area contributed by atoms with Crippen molar-refractivity contribution in [1.82, 2.24) is 4.98 Å².